The molecule has 1 aromatic heterocycles. The first kappa shape index (κ1) is 12.3. The normalized spacial score (nSPS) is 13.6. The molecule has 0 spiro atoms. The Bertz CT molecular complexity index is 842. The van der Waals surface area contributed by atoms with Crippen molar-refractivity contribution in [2.24, 2.45) is 0 Å². The summed E-state index contributed by atoms with van der Waals surface area (Å²) in [6, 6.07) is 22.0. The molecule has 2 heteroatoms. The molecule has 1 aliphatic carbocycles. The first-order valence-corrected chi connectivity index (χ1v) is 7.72. The maximum atomic E-state index is 12.8. The molecule has 1 nitrogen and oxygen atoms in total. The molecule has 0 bridgehead atoms. The Morgan fingerprint density at radius 2 is 1.24 bits per heavy atom. The lowest BCUT2D eigenvalue weighted by Crippen LogP contribution is -1.97. The van der Waals surface area contributed by atoms with Gasteiger partial charge in [-0.25, -0.2) is 0 Å². The molecule has 0 N–H and O–H groups in total. The summed E-state index contributed by atoms with van der Waals surface area (Å²) < 4.78 is 0. The molecule has 100 valence electrons. The molecule has 0 fully saturated rings. The van der Waals surface area contributed by atoms with Crippen molar-refractivity contribution >= 4 is 28.3 Å². The van der Waals surface area contributed by atoms with E-state index >= 15 is 0 Å². The van der Waals surface area contributed by atoms with Gasteiger partial charge in [-0.05, 0) is 22.6 Å². The molecule has 0 saturated heterocycles. The number of carbonyl (C=O) groups excluding carboxylic acids is 1. The van der Waals surface area contributed by atoms with Crippen LogP contribution in [0.15, 0.2) is 72.1 Å². The van der Waals surface area contributed by atoms with Gasteiger partial charge in [0.05, 0.1) is 0 Å². The van der Waals surface area contributed by atoms with Gasteiger partial charge in [-0.15, -0.1) is 11.3 Å². The third-order valence-electron chi connectivity index (χ3n) is 3.74. The summed E-state index contributed by atoms with van der Waals surface area (Å²) in [5.74, 6) is 0.135. The van der Waals surface area contributed by atoms with E-state index in [9.17, 15) is 4.79 Å². The number of hydrogen-bond donors (Lipinski definition) is 0. The molecule has 2 aromatic carbocycles. The van der Waals surface area contributed by atoms with Crippen molar-refractivity contribution in [2.45, 2.75) is 0 Å². The van der Waals surface area contributed by atoms with E-state index in [4.69, 9.17) is 0 Å². The lowest BCUT2D eigenvalue weighted by Gasteiger charge is -2.07. The molecule has 21 heavy (non-hydrogen) atoms. The smallest absolute Gasteiger partial charge is 0.195 e. The highest BCUT2D eigenvalue weighted by molar-refractivity contribution is 7.12. The summed E-state index contributed by atoms with van der Waals surface area (Å²) in [5, 5.41) is 1.99. The van der Waals surface area contributed by atoms with Gasteiger partial charge < -0.3 is 0 Å². The Morgan fingerprint density at radius 3 is 1.86 bits per heavy atom. The van der Waals surface area contributed by atoms with E-state index in [1.807, 2.05) is 60.0 Å². The Balaban J connectivity index is 2.03. The summed E-state index contributed by atoms with van der Waals surface area (Å²) >= 11 is 1.64. The molecular formula is C19H12OS. The first-order valence-electron chi connectivity index (χ1n) is 6.84. The van der Waals surface area contributed by atoms with Crippen LogP contribution in [0.2, 0.25) is 0 Å². The number of carbonyl (C=O) groups is 1. The van der Waals surface area contributed by atoms with Crippen molar-refractivity contribution in [3.05, 3.63) is 93.7 Å². The monoisotopic (exact) mass is 288 g/mol. The number of allylic oxidation sites excluding steroid dienone is 1. The summed E-state index contributed by atoms with van der Waals surface area (Å²) in [5.41, 5.74) is 4.81. The first-order chi connectivity index (χ1) is 10.4. The van der Waals surface area contributed by atoms with Crippen LogP contribution in [0.5, 0.6) is 0 Å². The third kappa shape index (κ3) is 1.88. The number of benzene rings is 2. The van der Waals surface area contributed by atoms with Gasteiger partial charge >= 0.3 is 0 Å². The number of hydrogen-bond acceptors (Lipinski definition) is 2. The van der Waals surface area contributed by atoms with Crippen LogP contribution in [0.3, 0.4) is 0 Å². The largest absolute Gasteiger partial charge is 0.289 e. The minimum atomic E-state index is 0.135. The van der Waals surface area contributed by atoms with Gasteiger partial charge in [-0.2, -0.15) is 0 Å². The highest BCUT2D eigenvalue weighted by atomic mass is 32.1. The predicted molar refractivity (Wildman–Crippen MR) is 87.4 cm³/mol. The number of rotatable bonds is 2. The SMILES string of the molecule is O=C1C(c2ccccc2)=C(c2ccccc2)c2sccc21. The molecule has 0 amide bonds. The van der Waals surface area contributed by atoms with Gasteiger partial charge in [0.15, 0.2) is 5.78 Å². The number of fused-ring (bicyclic) bond motifs is 1. The summed E-state index contributed by atoms with van der Waals surface area (Å²) in [7, 11) is 0. The van der Waals surface area contributed by atoms with Crippen LogP contribution in [0.4, 0.5) is 0 Å². The van der Waals surface area contributed by atoms with Crippen LogP contribution in [0, 0.1) is 0 Å². The zero-order chi connectivity index (χ0) is 14.2. The maximum Gasteiger partial charge on any atom is 0.195 e. The van der Waals surface area contributed by atoms with Crippen LogP contribution in [0.1, 0.15) is 26.4 Å². The van der Waals surface area contributed by atoms with Crippen LogP contribution < -0.4 is 0 Å². The van der Waals surface area contributed by atoms with E-state index in [1.54, 1.807) is 11.3 Å². The number of thiophene rings is 1. The number of ketones is 1. The number of Topliss-reactive ketones (excluding diaryl/α,β-unsaturated/α-hetero) is 1. The highest BCUT2D eigenvalue weighted by Crippen LogP contribution is 2.44. The quantitative estimate of drug-likeness (QED) is 0.655. The van der Waals surface area contributed by atoms with Crippen LogP contribution in [0.25, 0.3) is 11.1 Å². The lowest BCUT2D eigenvalue weighted by atomic mass is 9.96. The van der Waals surface area contributed by atoms with E-state index in [1.165, 1.54) is 0 Å². The lowest BCUT2D eigenvalue weighted by molar-refractivity contribution is 0.105. The van der Waals surface area contributed by atoms with Gasteiger partial charge in [0.2, 0.25) is 0 Å². The van der Waals surface area contributed by atoms with Gasteiger partial charge in [0.25, 0.3) is 0 Å². The Morgan fingerprint density at radius 1 is 0.667 bits per heavy atom. The highest BCUT2D eigenvalue weighted by Gasteiger charge is 2.32. The van der Waals surface area contributed by atoms with Crippen LogP contribution in [-0.4, -0.2) is 5.78 Å². The zero-order valence-electron chi connectivity index (χ0n) is 11.2. The molecule has 3 aromatic rings. The minimum Gasteiger partial charge on any atom is -0.289 e. The Kier molecular flexibility index (Phi) is 2.83. The summed E-state index contributed by atoms with van der Waals surface area (Å²) in [6.07, 6.45) is 0. The standard InChI is InChI=1S/C19H12OS/c20-18-15-11-12-21-19(15)17(14-9-5-2-6-10-14)16(18)13-7-3-1-4-8-13/h1-12H. The fraction of sp³-hybridized carbons (Fsp3) is 0. The zero-order valence-corrected chi connectivity index (χ0v) is 12.1. The van der Waals surface area contributed by atoms with E-state index < -0.39 is 0 Å². The molecular weight excluding hydrogens is 276 g/mol. The average Bonchev–Trinajstić information content (AvgIpc) is 3.11. The second-order valence-electron chi connectivity index (χ2n) is 4.97. The summed E-state index contributed by atoms with van der Waals surface area (Å²) in [4.78, 5) is 13.9. The van der Waals surface area contributed by atoms with Gasteiger partial charge in [0, 0.05) is 21.6 Å². The Labute approximate surface area is 127 Å². The van der Waals surface area contributed by atoms with E-state index in [0.29, 0.717) is 0 Å². The van der Waals surface area contributed by atoms with E-state index in [-0.39, 0.29) is 5.78 Å². The second-order valence-corrected chi connectivity index (χ2v) is 5.89. The molecule has 0 radical (unpaired) electrons. The van der Waals surface area contributed by atoms with E-state index in [0.717, 1.165) is 32.7 Å². The fourth-order valence-electron chi connectivity index (χ4n) is 2.80. The van der Waals surface area contributed by atoms with Crippen molar-refractivity contribution in [2.75, 3.05) is 0 Å². The molecule has 0 atom stereocenters. The van der Waals surface area contributed by atoms with Gasteiger partial charge in [-0.1, -0.05) is 60.7 Å². The molecule has 4 rings (SSSR count). The average molecular weight is 288 g/mol. The summed E-state index contributed by atoms with van der Waals surface area (Å²) in [6.45, 7) is 0. The predicted octanol–water partition coefficient (Wildman–Crippen LogP) is 4.90. The van der Waals surface area contributed by atoms with Gasteiger partial charge in [-0.3, -0.25) is 4.79 Å². The van der Waals surface area contributed by atoms with Crippen LogP contribution >= 0.6 is 11.3 Å². The molecule has 0 unspecified atom stereocenters. The maximum absolute atomic E-state index is 12.8. The van der Waals surface area contributed by atoms with Crippen molar-refractivity contribution in [3.63, 3.8) is 0 Å². The third-order valence-corrected chi connectivity index (χ3v) is 4.67. The molecule has 1 aliphatic rings. The molecule has 1 heterocycles. The van der Waals surface area contributed by atoms with Gasteiger partial charge in [0.1, 0.15) is 0 Å². The second kappa shape index (κ2) is 4.83. The van der Waals surface area contributed by atoms with Crippen molar-refractivity contribution in [3.8, 4) is 0 Å². The fourth-order valence-corrected chi connectivity index (χ4v) is 3.77. The molecule has 0 aliphatic heterocycles. The molecule has 0 saturated carbocycles. The van der Waals surface area contributed by atoms with Crippen molar-refractivity contribution < 1.29 is 4.79 Å². The van der Waals surface area contributed by atoms with Crippen molar-refractivity contribution in [1.82, 2.24) is 0 Å². The van der Waals surface area contributed by atoms with E-state index in [2.05, 4.69) is 12.1 Å². The van der Waals surface area contributed by atoms with Crippen molar-refractivity contribution in [1.29, 1.82) is 0 Å². The Hall–Kier alpha value is -2.45. The van der Waals surface area contributed by atoms with Crippen LogP contribution in [-0.2, 0) is 0 Å². The minimum absolute atomic E-state index is 0.135. The topological polar surface area (TPSA) is 17.1 Å².